The quantitative estimate of drug-likeness (QED) is 0.747. The van der Waals surface area contributed by atoms with Crippen molar-refractivity contribution in [2.24, 2.45) is 0 Å². The average molecular weight is 270 g/mol. The smallest absolute Gasteiger partial charge is 0.216 e. The van der Waals surface area contributed by atoms with Crippen LogP contribution in [-0.2, 0) is 15.8 Å². The van der Waals surface area contributed by atoms with Crippen molar-refractivity contribution in [2.75, 3.05) is 5.73 Å². The van der Waals surface area contributed by atoms with Crippen LogP contribution in [0.2, 0.25) is 0 Å². The molecule has 1 aromatic carbocycles. The molecule has 5 heteroatoms. The van der Waals surface area contributed by atoms with Gasteiger partial charge in [-0.05, 0) is 30.5 Å². The van der Waals surface area contributed by atoms with Crippen molar-refractivity contribution in [2.45, 2.75) is 44.9 Å². The van der Waals surface area contributed by atoms with E-state index in [9.17, 15) is 8.42 Å². The van der Waals surface area contributed by atoms with Gasteiger partial charge in [-0.15, -0.1) is 0 Å². The molecule has 0 spiro atoms. The third kappa shape index (κ3) is 5.06. The summed E-state index contributed by atoms with van der Waals surface area (Å²) in [6.07, 6.45) is 2.65. The molecule has 4 nitrogen and oxygen atoms in total. The first-order chi connectivity index (χ1) is 8.46. The van der Waals surface area contributed by atoms with Crippen LogP contribution in [0.5, 0.6) is 0 Å². The molecule has 18 heavy (non-hydrogen) atoms. The summed E-state index contributed by atoms with van der Waals surface area (Å²) < 4.78 is 26.8. The van der Waals surface area contributed by atoms with Crippen LogP contribution >= 0.6 is 0 Å². The fraction of sp³-hybridized carbons (Fsp3) is 0.538. The van der Waals surface area contributed by atoms with Gasteiger partial charge in [-0.3, -0.25) is 0 Å². The van der Waals surface area contributed by atoms with Crippen molar-refractivity contribution in [3.63, 3.8) is 0 Å². The standard InChI is InChI=1S/C13H22N2O2S/c1-3-6-13(4-2)15-18(16,17)10-11-7-5-8-12(14)9-11/h5,7-9,13,15H,3-4,6,10,14H2,1-2H3. The lowest BCUT2D eigenvalue weighted by atomic mass is 10.1. The van der Waals surface area contributed by atoms with Crippen LogP contribution in [0, 0.1) is 0 Å². The second-order valence-electron chi connectivity index (χ2n) is 4.52. The van der Waals surface area contributed by atoms with Gasteiger partial charge < -0.3 is 5.73 Å². The van der Waals surface area contributed by atoms with Gasteiger partial charge >= 0.3 is 0 Å². The molecule has 0 amide bonds. The summed E-state index contributed by atoms with van der Waals surface area (Å²) in [6.45, 7) is 4.04. The number of sulfonamides is 1. The summed E-state index contributed by atoms with van der Waals surface area (Å²) in [6, 6.07) is 7.01. The van der Waals surface area contributed by atoms with E-state index in [1.54, 1.807) is 24.3 Å². The molecule has 0 saturated carbocycles. The Hall–Kier alpha value is -1.07. The maximum absolute atomic E-state index is 12.0. The average Bonchev–Trinajstić information content (AvgIpc) is 2.27. The van der Waals surface area contributed by atoms with Crippen LogP contribution in [-0.4, -0.2) is 14.5 Å². The Kier molecular flexibility index (Phi) is 5.62. The minimum absolute atomic E-state index is 0.0156. The van der Waals surface area contributed by atoms with E-state index in [4.69, 9.17) is 5.73 Å². The predicted molar refractivity (Wildman–Crippen MR) is 75.6 cm³/mol. The van der Waals surface area contributed by atoms with Gasteiger partial charge in [0.05, 0.1) is 5.75 Å². The molecule has 102 valence electrons. The fourth-order valence-corrected chi connectivity index (χ4v) is 3.39. The Labute approximate surface area is 110 Å². The molecule has 1 aromatic rings. The summed E-state index contributed by atoms with van der Waals surface area (Å²) in [5.74, 6) is -0.0156. The van der Waals surface area contributed by atoms with Gasteiger partial charge in [0.15, 0.2) is 0 Å². The molecule has 0 aliphatic heterocycles. The highest BCUT2D eigenvalue weighted by Crippen LogP contribution is 2.11. The van der Waals surface area contributed by atoms with Gasteiger partial charge in [-0.2, -0.15) is 0 Å². The van der Waals surface area contributed by atoms with Crippen molar-refractivity contribution >= 4 is 15.7 Å². The van der Waals surface area contributed by atoms with E-state index < -0.39 is 10.0 Å². The summed E-state index contributed by atoms with van der Waals surface area (Å²) >= 11 is 0. The molecule has 0 fully saturated rings. The summed E-state index contributed by atoms with van der Waals surface area (Å²) in [7, 11) is -3.29. The molecule has 1 atom stereocenters. The Morgan fingerprint density at radius 3 is 2.61 bits per heavy atom. The van der Waals surface area contributed by atoms with Gasteiger partial charge in [-0.25, -0.2) is 13.1 Å². The topological polar surface area (TPSA) is 72.2 Å². The third-order valence-electron chi connectivity index (χ3n) is 2.78. The minimum atomic E-state index is -3.29. The van der Waals surface area contributed by atoms with Crippen molar-refractivity contribution in [3.05, 3.63) is 29.8 Å². The molecule has 0 saturated heterocycles. The molecule has 3 N–H and O–H groups in total. The molecule has 0 radical (unpaired) electrons. The highest BCUT2D eigenvalue weighted by atomic mass is 32.2. The summed E-state index contributed by atoms with van der Waals surface area (Å²) in [5.41, 5.74) is 6.94. The second-order valence-corrected chi connectivity index (χ2v) is 6.27. The Morgan fingerprint density at radius 1 is 1.33 bits per heavy atom. The number of hydrogen-bond donors (Lipinski definition) is 2. The van der Waals surface area contributed by atoms with Crippen LogP contribution in [0.1, 0.15) is 38.7 Å². The fourth-order valence-electron chi connectivity index (χ4n) is 1.89. The van der Waals surface area contributed by atoms with Crippen molar-refractivity contribution < 1.29 is 8.42 Å². The molecule has 0 bridgehead atoms. The lowest BCUT2D eigenvalue weighted by Gasteiger charge is -2.16. The van der Waals surface area contributed by atoms with Gasteiger partial charge in [-0.1, -0.05) is 32.4 Å². The van der Waals surface area contributed by atoms with Crippen LogP contribution in [0.4, 0.5) is 5.69 Å². The summed E-state index contributed by atoms with van der Waals surface area (Å²) in [5, 5.41) is 0. The highest BCUT2D eigenvalue weighted by molar-refractivity contribution is 7.88. The normalized spacial score (nSPS) is 13.4. The van der Waals surface area contributed by atoms with Gasteiger partial charge in [0, 0.05) is 11.7 Å². The number of rotatable bonds is 7. The molecule has 0 aliphatic rings. The van der Waals surface area contributed by atoms with E-state index in [-0.39, 0.29) is 11.8 Å². The number of anilines is 1. The number of hydrogen-bond acceptors (Lipinski definition) is 3. The van der Waals surface area contributed by atoms with E-state index in [0.29, 0.717) is 11.3 Å². The Morgan fingerprint density at radius 2 is 2.06 bits per heavy atom. The monoisotopic (exact) mass is 270 g/mol. The van der Waals surface area contributed by atoms with Crippen LogP contribution in [0.3, 0.4) is 0 Å². The number of benzene rings is 1. The number of nitrogens with two attached hydrogens (primary N) is 1. The largest absolute Gasteiger partial charge is 0.399 e. The molecule has 0 heterocycles. The van der Waals surface area contributed by atoms with E-state index in [0.717, 1.165) is 19.3 Å². The highest BCUT2D eigenvalue weighted by Gasteiger charge is 2.16. The van der Waals surface area contributed by atoms with E-state index >= 15 is 0 Å². The zero-order valence-corrected chi connectivity index (χ0v) is 11.8. The van der Waals surface area contributed by atoms with Gasteiger partial charge in [0.25, 0.3) is 0 Å². The van der Waals surface area contributed by atoms with Crippen molar-refractivity contribution in [1.82, 2.24) is 4.72 Å². The van der Waals surface area contributed by atoms with E-state index in [1.165, 1.54) is 0 Å². The van der Waals surface area contributed by atoms with Crippen molar-refractivity contribution in [1.29, 1.82) is 0 Å². The maximum atomic E-state index is 12.0. The zero-order chi connectivity index (χ0) is 13.6. The third-order valence-corrected chi connectivity index (χ3v) is 4.19. The second kappa shape index (κ2) is 6.75. The lowest BCUT2D eigenvalue weighted by molar-refractivity contribution is 0.512. The minimum Gasteiger partial charge on any atom is -0.399 e. The number of nitrogens with one attached hydrogen (secondary N) is 1. The Bertz CT molecular complexity index is 472. The van der Waals surface area contributed by atoms with E-state index in [2.05, 4.69) is 11.6 Å². The first-order valence-corrected chi connectivity index (χ1v) is 7.96. The van der Waals surface area contributed by atoms with Gasteiger partial charge in [0.1, 0.15) is 0 Å². The lowest BCUT2D eigenvalue weighted by Crippen LogP contribution is -2.35. The maximum Gasteiger partial charge on any atom is 0.216 e. The molecule has 1 rings (SSSR count). The molecular formula is C13H22N2O2S. The van der Waals surface area contributed by atoms with Crippen LogP contribution in [0.25, 0.3) is 0 Å². The predicted octanol–water partition coefficient (Wildman–Crippen LogP) is 2.27. The molecule has 0 aliphatic carbocycles. The SMILES string of the molecule is CCCC(CC)NS(=O)(=O)Cc1cccc(N)c1. The van der Waals surface area contributed by atoms with Crippen LogP contribution < -0.4 is 10.5 Å². The van der Waals surface area contributed by atoms with Gasteiger partial charge in [0.2, 0.25) is 10.0 Å². The zero-order valence-electron chi connectivity index (χ0n) is 11.0. The molecule has 1 unspecified atom stereocenters. The Balaban J connectivity index is 2.70. The van der Waals surface area contributed by atoms with Crippen molar-refractivity contribution in [3.8, 4) is 0 Å². The van der Waals surface area contributed by atoms with Crippen LogP contribution in [0.15, 0.2) is 24.3 Å². The first-order valence-electron chi connectivity index (χ1n) is 6.31. The number of nitrogen functional groups attached to an aromatic ring is 1. The first kappa shape index (κ1) is 15.0. The summed E-state index contributed by atoms with van der Waals surface area (Å²) in [4.78, 5) is 0. The molecular weight excluding hydrogens is 248 g/mol. The molecule has 0 aromatic heterocycles. The van der Waals surface area contributed by atoms with E-state index in [1.807, 2.05) is 6.92 Å².